The van der Waals surface area contributed by atoms with Crippen molar-refractivity contribution in [1.29, 1.82) is 5.26 Å². The summed E-state index contributed by atoms with van der Waals surface area (Å²) in [5, 5.41) is 12.7. The Bertz CT molecular complexity index is 479. The van der Waals surface area contributed by atoms with Crippen molar-refractivity contribution in [3.05, 3.63) is 42.1 Å². The Hall–Kier alpha value is -2.28. The van der Waals surface area contributed by atoms with E-state index in [1.807, 2.05) is 36.4 Å². The summed E-state index contributed by atoms with van der Waals surface area (Å²) in [5.41, 5.74) is 6.88. The number of nitrogens with zero attached hydrogens (tertiary/aromatic N) is 3. The van der Waals surface area contributed by atoms with Crippen LogP contribution in [0.2, 0.25) is 0 Å². The zero-order chi connectivity index (χ0) is 9.97. The van der Waals surface area contributed by atoms with Gasteiger partial charge in [-0.15, -0.1) is 0 Å². The molecule has 1 aromatic carbocycles. The van der Waals surface area contributed by atoms with Crippen LogP contribution in [-0.4, -0.2) is 9.78 Å². The van der Waals surface area contributed by atoms with Gasteiger partial charge in [-0.3, -0.25) is 0 Å². The largest absolute Gasteiger partial charge is 0.384 e. The highest BCUT2D eigenvalue weighted by molar-refractivity contribution is 5.44. The third kappa shape index (κ3) is 1.31. The van der Waals surface area contributed by atoms with E-state index in [1.165, 1.54) is 0 Å². The van der Waals surface area contributed by atoms with Crippen molar-refractivity contribution in [1.82, 2.24) is 9.78 Å². The Labute approximate surface area is 81.2 Å². The molecule has 0 saturated heterocycles. The van der Waals surface area contributed by atoms with Crippen molar-refractivity contribution in [3.8, 4) is 11.8 Å². The van der Waals surface area contributed by atoms with Crippen molar-refractivity contribution in [2.45, 2.75) is 0 Å². The molecule has 4 heteroatoms. The highest BCUT2D eigenvalue weighted by atomic mass is 15.3. The van der Waals surface area contributed by atoms with E-state index in [4.69, 9.17) is 11.0 Å². The zero-order valence-corrected chi connectivity index (χ0v) is 7.38. The molecule has 0 saturated carbocycles. The first-order valence-electron chi connectivity index (χ1n) is 4.12. The summed E-state index contributed by atoms with van der Waals surface area (Å²) in [6.45, 7) is 0. The Kier molecular flexibility index (Phi) is 1.92. The van der Waals surface area contributed by atoms with Gasteiger partial charge in [0.2, 0.25) is 0 Å². The summed E-state index contributed by atoms with van der Waals surface area (Å²) in [5.74, 6) is 0.466. The molecule has 14 heavy (non-hydrogen) atoms. The number of hydrogen-bond donors (Lipinski definition) is 1. The van der Waals surface area contributed by atoms with Gasteiger partial charge < -0.3 is 5.73 Å². The van der Waals surface area contributed by atoms with E-state index >= 15 is 0 Å². The first-order chi connectivity index (χ1) is 6.81. The zero-order valence-electron chi connectivity index (χ0n) is 7.38. The second kappa shape index (κ2) is 3.23. The molecular formula is C10H8N4. The average Bonchev–Trinajstić information content (AvgIpc) is 2.61. The lowest BCUT2D eigenvalue weighted by atomic mass is 10.3. The third-order valence-electron chi connectivity index (χ3n) is 1.85. The van der Waals surface area contributed by atoms with E-state index in [2.05, 4.69) is 5.10 Å². The molecule has 0 unspecified atom stereocenters. The molecule has 1 aromatic heterocycles. The molecule has 2 aromatic rings. The molecule has 0 spiro atoms. The Morgan fingerprint density at radius 1 is 1.29 bits per heavy atom. The summed E-state index contributed by atoms with van der Waals surface area (Å²) in [4.78, 5) is 0. The number of hydrogen-bond acceptors (Lipinski definition) is 3. The Balaban J connectivity index is 2.53. The van der Waals surface area contributed by atoms with Crippen molar-refractivity contribution in [3.63, 3.8) is 0 Å². The Morgan fingerprint density at radius 3 is 2.57 bits per heavy atom. The number of aromatic nitrogens is 2. The number of rotatable bonds is 1. The summed E-state index contributed by atoms with van der Waals surface area (Å²) in [6, 6.07) is 12.9. The monoisotopic (exact) mass is 184 g/mol. The minimum atomic E-state index is 0.325. The van der Waals surface area contributed by atoms with E-state index in [0.29, 0.717) is 11.5 Å². The minimum absolute atomic E-state index is 0.325. The van der Waals surface area contributed by atoms with Crippen molar-refractivity contribution < 1.29 is 0 Å². The molecule has 0 fully saturated rings. The van der Waals surface area contributed by atoms with Crippen LogP contribution in [0.1, 0.15) is 5.69 Å². The van der Waals surface area contributed by atoms with Crippen LogP contribution < -0.4 is 5.73 Å². The minimum Gasteiger partial charge on any atom is -0.384 e. The predicted molar refractivity (Wildman–Crippen MR) is 52.7 cm³/mol. The topological polar surface area (TPSA) is 67.6 Å². The lowest BCUT2D eigenvalue weighted by Gasteiger charge is -2.01. The van der Waals surface area contributed by atoms with Gasteiger partial charge in [-0.1, -0.05) is 18.2 Å². The normalized spacial score (nSPS) is 9.64. The molecule has 0 amide bonds. The van der Waals surface area contributed by atoms with Crippen LogP contribution in [0.25, 0.3) is 5.69 Å². The van der Waals surface area contributed by atoms with Crippen LogP contribution in [0, 0.1) is 11.3 Å². The molecule has 1 heterocycles. The highest BCUT2D eigenvalue weighted by Gasteiger charge is 2.04. The summed E-state index contributed by atoms with van der Waals surface area (Å²) < 4.78 is 1.54. The van der Waals surface area contributed by atoms with E-state index in [-0.39, 0.29) is 0 Å². The van der Waals surface area contributed by atoms with Gasteiger partial charge >= 0.3 is 0 Å². The van der Waals surface area contributed by atoms with Crippen LogP contribution in [0.15, 0.2) is 36.4 Å². The number of nitriles is 1. The molecule has 0 atom stereocenters. The van der Waals surface area contributed by atoms with Gasteiger partial charge in [0.15, 0.2) is 5.69 Å². The van der Waals surface area contributed by atoms with E-state index in [9.17, 15) is 0 Å². The number of benzene rings is 1. The van der Waals surface area contributed by atoms with Crippen molar-refractivity contribution >= 4 is 5.82 Å². The molecule has 0 aliphatic carbocycles. The summed E-state index contributed by atoms with van der Waals surface area (Å²) in [7, 11) is 0. The summed E-state index contributed by atoms with van der Waals surface area (Å²) in [6.07, 6.45) is 0. The molecular weight excluding hydrogens is 176 g/mol. The van der Waals surface area contributed by atoms with Gasteiger partial charge in [0.25, 0.3) is 0 Å². The maximum absolute atomic E-state index is 8.64. The quantitative estimate of drug-likeness (QED) is 0.726. The van der Waals surface area contributed by atoms with Gasteiger partial charge in [0.1, 0.15) is 11.9 Å². The van der Waals surface area contributed by atoms with Crippen LogP contribution in [0.4, 0.5) is 5.82 Å². The number of para-hydroxylation sites is 1. The van der Waals surface area contributed by atoms with Gasteiger partial charge in [-0.2, -0.15) is 10.4 Å². The Morgan fingerprint density at radius 2 is 2.00 bits per heavy atom. The molecule has 2 N–H and O–H groups in total. The molecule has 4 nitrogen and oxygen atoms in total. The van der Waals surface area contributed by atoms with E-state index in [1.54, 1.807) is 10.7 Å². The van der Waals surface area contributed by atoms with Crippen LogP contribution >= 0.6 is 0 Å². The molecule has 0 bridgehead atoms. The van der Waals surface area contributed by atoms with E-state index < -0.39 is 0 Å². The maximum Gasteiger partial charge on any atom is 0.165 e. The number of nitrogen functional groups attached to an aromatic ring is 1. The maximum atomic E-state index is 8.64. The van der Waals surface area contributed by atoms with Crippen LogP contribution in [0.5, 0.6) is 0 Å². The first-order valence-corrected chi connectivity index (χ1v) is 4.12. The second-order valence-electron chi connectivity index (χ2n) is 2.81. The molecule has 0 aliphatic heterocycles. The fourth-order valence-corrected chi connectivity index (χ4v) is 1.23. The van der Waals surface area contributed by atoms with Crippen molar-refractivity contribution in [2.75, 3.05) is 5.73 Å². The highest BCUT2D eigenvalue weighted by Crippen LogP contribution is 2.13. The molecule has 0 radical (unpaired) electrons. The van der Waals surface area contributed by atoms with Crippen LogP contribution in [0.3, 0.4) is 0 Å². The molecule has 68 valence electrons. The molecule has 2 rings (SSSR count). The van der Waals surface area contributed by atoms with Gasteiger partial charge in [-0.05, 0) is 12.1 Å². The number of anilines is 1. The van der Waals surface area contributed by atoms with Crippen LogP contribution in [-0.2, 0) is 0 Å². The van der Waals surface area contributed by atoms with Crippen molar-refractivity contribution in [2.24, 2.45) is 0 Å². The standard InChI is InChI=1S/C10H8N4/c11-7-8-6-10(12)14(13-8)9-4-2-1-3-5-9/h1-6H,12H2. The fourth-order valence-electron chi connectivity index (χ4n) is 1.23. The predicted octanol–water partition coefficient (Wildman–Crippen LogP) is 1.33. The smallest absolute Gasteiger partial charge is 0.165 e. The van der Waals surface area contributed by atoms with Gasteiger partial charge in [-0.25, -0.2) is 4.68 Å². The summed E-state index contributed by atoms with van der Waals surface area (Å²) >= 11 is 0. The SMILES string of the molecule is N#Cc1cc(N)n(-c2ccccc2)n1. The second-order valence-corrected chi connectivity index (χ2v) is 2.81. The van der Waals surface area contributed by atoms with Gasteiger partial charge in [0.05, 0.1) is 5.69 Å². The van der Waals surface area contributed by atoms with E-state index in [0.717, 1.165) is 5.69 Å². The first kappa shape index (κ1) is 8.32. The average molecular weight is 184 g/mol. The number of nitrogens with two attached hydrogens (primary N) is 1. The lowest BCUT2D eigenvalue weighted by Crippen LogP contribution is -2.01. The third-order valence-corrected chi connectivity index (χ3v) is 1.85. The molecule has 0 aliphatic rings. The fraction of sp³-hybridized carbons (Fsp3) is 0. The lowest BCUT2D eigenvalue weighted by molar-refractivity contribution is 0.883. The van der Waals surface area contributed by atoms with Gasteiger partial charge in [0, 0.05) is 6.07 Å².